The number of aliphatic hydroxyl groups is 3. The summed E-state index contributed by atoms with van der Waals surface area (Å²) < 4.78 is 5.33. The number of halogens is 2. The van der Waals surface area contributed by atoms with Gasteiger partial charge in [-0.2, -0.15) is 0 Å². The van der Waals surface area contributed by atoms with E-state index in [9.17, 15) is 0 Å². The zero-order chi connectivity index (χ0) is 14.8. The molecule has 0 fully saturated rings. The maximum atomic E-state index is 8.60. The molecule has 1 rings (SSSR count). The Labute approximate surface area is 122 Å². The van der Waals surface area contributed by atoms with Gasteiger partial charge < -0.3 is 25.8 Å². The number of benzene rings is 1. The van der Waals surface area contributed by atoms with Crippen LogP contribution >= 0.6 is 23.2 Å². The van der Waals surface area contributed by atoms with Gasteiger partial charge in [0.05, 0.1) is 17.9 Å². The zero-order valence-electron chi connectivity index (χ0n) is 10.6. The maximum absolute atomic E-state index is 8.60. The summed E-state index contributed by atoms with van der Waals surface area (Å²) in [6.07, 6.45) is -1.11. The quantitative estimate of drug-likeness (QED) is 0.491. The molecule has 1 unspecified atom stereocenters. The summed E-state index contributed by atoms with van der Waals surface area (Å²) in [5, 5.41) is 26.0. The third-order valence-electron chi connectivity index (χ3n) is 1.76. The normalized spacial score (nSPS) is 11.8. The van der Waals surface area contributed by atoms with E-state index < -0.39 is 12.5 Å². The fraction of sp³-hybridized carbons (Fsp3) is 0.500. The van der Waals surface area contributed by atoms with Crippen LogP contribution < -0.4 is 10.5 Å². The SMILES string of the molecule is CC(N)O.OC(O)CCCOc1ccc(Cl)cc1Cl. The van der Waals surface area contributed by atoms with Crippen molar-refractivity contribution >= 4 is 23.2 Å². The van der Waals surface area contributed by atoms with E-state index in [4.69, 9.17) is 43.3 Å². The molecule has 0 amide bonds. The van der Waals surface area contributed by atoms with Crippen molar-refractivity contribution < 1.29 is 20.1 Å². The summed E-state index contributed by atoms with van der Waals surface area (Å²) in [6, 6.07) is 4.96. The van der Waals surface area contributed by atoms with E-state index in [-0.39, 0.29) is 6.42 Å². The Morgan fingerprint density at radius 1 is 1.26 bits per heavy atom. The number of hydrogen-bond acceptors (Lipinski definition) is 5. The van der Waals surface area contributed by atoms with Crippen LogP contribution in [0.3, 0.4) is 0 Å². The highest BCUT2D eigenvalue weighted by molar-refractivity contribution is 6.35. The van der Waals surface area contributed by atoms with Crippen LogP contribution in [0, 0.1) is 0 Å². The van der Waals surface area contributed by atoms with E-state index in [1.165, 1.54) is 6.92 Å². The molecular weight excluding hydrogens is 293 g/mol. The van der Waals surface area contributed by atoms with Crippen molar-refractivity contribution in [2.75, 3.05) is 6.61 Å². The lowest BCUT2D eigenvalue weighted by Gasteiger charge is -2.08. The van der Waals surface area contributed by atoms with Crippen LogP contribution in [-0.2, 0) is 0 Å². The Bertz CT molecular complexity index is 359. The van der Waals surface area contributed by atoms with Crippen LogP contribution in [0.4, 0.5) is 0 Å². The summed E-state index contributed by atoms with van der Waals surface area (Å²) in [4.78, 5) is 0. The predicted molar refractivity (Wildman–Crippen MR) is 75.3 cm³/mol. The Morgan fingerprint density at radius 2 is 1.84 bits per heavy atom. The topological polar surface area (TPSA) is 95.9 Å². The van der Waals surface area contributed by atoms with Gasteiger partial charge in [-0.25, -0.2) is 0 Å². The molecule has 0 aromatic heterocycles. The molecule has 0 heterocycles. The maximum Gasteiger partial charge on any atom is 0.151 e. The van der Waals surface area contributed by atoms with Crippen LogP contribution in [0.1, 0.15) is 19.8 Å². The van der Waals surface area contributed by atoms with Crippen molar-refractivity contribution in [3.63, 3.8) is 0 Å². The van der Waals surface area contributed by atoms with E-state index in [0.29, 0.717) is 28.8 Å². The first-order valence-electron chi connectivity index (χ1n) is 5.70. The lowest BCUT2D eigenvalue weighted by atomic mass is 10.3. The highest BCUT2D eigenvalue weighted by atomic mass is 35.5. The molecule has 0 saturated carbocycles. The lowest BCUT2D eigenvalue weighted by Crippen LogP contribution is -2.11. The van der Waals surface area contributed by atoms with Gasteiger partial charge in [0.2, 0.25) is 0 Å². The zero-order valence-corrected chi connectivity index (χ0v) is 12.1. The van der Waals surface area contributed by atoms with Gasteiger partial charge in [-0.15, -0.1) is 0 Å². The molecule has 0 saturated heterocycles. The van der Waals surface area contributed by atoms with Crippen molar-refractivity contribution in [2.24, 2.45) is 5.73 Å². The average molecular weight is 312 g/mol. The highest BCUT2D eigenvalue weighted by Crippen LogP contribution is 2.27. The molecule has 1 aromatic rings. The van der Waals surface area contributed by atoms with Crippen molar-refractivity contribution in [1.82, 2.24) is 0 Å². The van der Waals surface area contributed by atoms with Crippen LogP contribution in [-0.4, -0.2) is 34.4 Å². The van der Waals surface area contributed by atoms with Gasteiger partial charge in [0.25, 0.3) is 0 Å². The molecule has 0 radical (unpaired) electrons. The summed E-state index contributed by atoms with van der Waals surface area (Å²) >= 11 is 11.6. The van der Waals surface area contributed by atoms with Crippen molar-refractivity contribution in [3.8, 4) is 5.75 Å². The molecule has 0 bridgehead atoms. The predicted octanol–water partition coefficient (Wildman–Crippen LogP) is 1.75. The smallest absolute Gasteiger partial charge is 0.151 e. The first-order valence-corrected chi connectivity index (χ1v) is 6.46. The minimum absolute atomic E-state index is 0.283. The van der Waals surface area contributed by atoms with E-state index in [0.717, 1.165) is 0 Å². The van der Waals surface area contributed by atoms with E-state index >= 15 is 0 Å². The van der Waals surface area contributed by atoms with Crippen LogP contribution in [0.15, 0.2) is 18.2 Å². The Balaban J connectivity index is 0.000000711. The van der Waals surface area contributed by atoms with Gasteiger partial charge in [0, 0.05) is 11.4 Å². The molecule has 5 nitrogen and oxygen atoms in total. The minimum atomic E-state index is -1.28. The highest BCUT2D eigenvalue weighted by Gasteiger charge is 2.02. The number of nitrogens with two attached hydrogens (primary N) is 1. The molecule has 5 N–H and O–H groups in total. The molecule has 19 heavy (non-hydrogen) atoms. The van der Waals surface area contributed by atoms with E-state index in [2.05, 4.69) is 5.73 Å². The van der Waals surface area contributed by atoms with Crippen molar-refractivity contribution in [1.29, 1.82) is 0 Å². The standard InChI is InChI=1S/C10H12Cl2O3.C2H7NO/c11-7-3-4-9(8(12)6-7)15-5-1-2-10(13)14;1-2(3)4/h3-4,6,10,13-14H,1-2,5H2;2,4H,3H2,1H3. The van der Waals surface area contributed by atoms with Crippen molar-refractivity contribution in [3.05, 3.63) is 28.2 Å². The molecular formula is C12H19Cl2NO4. The van der Waals surface area contributed by atoms with Gasteiger partial charge in [-0.05, 0) is 31.5 Å². The fourth-order valence-electron chi connectivity index (χ4n) is 1.04. The average Bonchev–Trinajstić information content (AvgIpc) is 2.25. The number of rotatable bonds is 5. The molecule has 0 aliphatic rings. The van der Waals surface area contributed by atoms with E-state index in [1.54, 1.807) is 18.2 Å². The fourth-order valence-corrected chi connectivity index (χ4v) is 1.50. The molecule has 110 valence electrons. The van der Waals surface area contributed by atoms with Crippen molar-refractivity contribution in [2.45, 2.75) is 32.3 Å². The molecule has 0 aliphatic carbocycles. The molecule has 7 heteroatoms. The van der Waals surface area contributed by atoms with Crippen LogP contribution in [0.2, 0.25) is 10.0 Å². The largest absolute Gasteiger partial charge is 0.492 e. The minimum Gasteiger partial charge on any atom is -0.492 e. The first-order chi connectivity index (χ1) is 8.82. The second-order valence-electron chi connectivity index (χ2n) is 3.79. The summed E-state index contributed by atoms with van der Waals surface area (Å²) in [6.45, 7) is 1.89. The van der Waals surface area contributed by atoms with Gasteiger partial charge in [0.1, 0.15) is 5.75 Å². The summed E-state index contributed by atoms with van der Waals surface area (Å²) in [5.41, 5.74) is 4.67. The van der Waals surface area contributed by atoms with Gasteiger partial charge in [-0.1, -0.05) is 23.2 Å². The number of ether oxygens (including phenoxy) is 1. The lowest BCUT2D eigenvalue weighted by molar-refractivity contribution is -0.0479. The second-order valence-corrected chi connectivity index (χ2v) is 4.63. The second kappa shape index (κ2) is 10.3. The molecule has 0 spiro atoms. The van der Waals surface area contributed by atoms with Crippen LogP contribution in [0.5, 0.6) is 5.75 Å². The van der Waals surface area contributed by atoms with Crippen LogP contribution in [0.25, 0.3) is 0 Å². The number of hydrogen-bond donors (Lipinski definition) is 4. The monoisotopic (exact) mass is 311 g/mol. The Hall–Kier alpha value is -0.560. The van der Waals surface area contributed by atoms with Gasteiger partial charge >= 0.3 is 0 Å². The first kappa shape index (κ1) is 18.4. The molecule has 1 aromatic carbocycles. The van der Waals surface area contributed by atoms with E-state index in [1.807, 2.05) is 0 Å². The Kier molecular flexibility index (Phi) is 9.95. The summed E-state index contributed by atoms with van der Waals surface area (Å²) in [7, 11) is 0. The number of aliphatic hydroxyl groups excluding tert-OH is 2. The van der Waals surface area contributed by atoms with Gasteiger partial charge in [-0.3, -0.25) is 0 Å². The molecule has 1 atom stereocenters. The third kappa shape index (κ3) is 11.0. The third-order valence-corrected chi connectivity index (χ3v) is 2.29. The summed E-state index contributed by atoms with van der Waals surface area (Å²) in [5.74, 6) is 0.550. The molecule has 0 aliphatic heterocycles. The van der Waals surface area contributed by atoms with Gasteiger partial charge in [0.15, 0.2) is 6.29 Å². The Morgan fingerprint density at radius 3 is 2.32 bits per heavy atom.